The van der Waals surface area contributed by atoms with Crippen LogP contribution >= 0.6 is 0 Å². The minimum atomic E-state index is -0.840. The molecule has 0 unspecified atom stereocenters. The van der Waals surface area contributed by atoms with Crippen molar-refractivity contribution in [3.63, 3.8) is 0 Å². The van der Waals surface area contributed by atoms with Crippen molar-refractivity contribution < 1.29 is 9.90 Å². The molecule has 3 heteroatoms. The van der Waals surface area contributed by atoms with E-state index in [4.69, 9.17) is 5.11 Å². The molecule has 13 heavy (non-hydrogen) atoms. The highest BCUT2D eigenvalue weighted by Crippen LogP contribution is 2.27. The first kappa shape index (κ1) is 8.35. The number of rotatable bonds is 3. The Kier molecular flexibility index (Phi) is 2.08. The summed E-state index contributed by atoms with van der Waals surface area (Å²) >= 11 is 0. The zero-order valence-corrected chi connectivity index (χ0v) is 7.44. The Morgan fingerprint density at radius 3 is 2.85 bits per heavy atom. The molecule has 3 nitrogen and oxygen atoms in total. The molecule has 0 radical (unpaired) electrons. The van der Waals surface area contributed by atoms with E-state index in [9.17, 15) is 4.79 Å². The standard InChI is InChI=1S/C10H13NO2/c12-10(13)9-4-5-11(7-9)6-8-2-1-3-8/h4-5,7-8H,1-3,6H2,(H,12,13). The lowest BCUT2D eigenvalue weighted by Crippen LogP contribution is -2.17. The van der Waals surface area contributed by atoms with Gasteiger partial charge in [-0.05, 0) is 24.8 Å². The van der Waals surface area contributed by atoms with Gasteiger partial charge in [-0.2, -0.15) is 0 Å². The number of carboxylic acids is 1. The highest BCUT2D eigenvalue weighted by atomic mass is 16.4. The van der Waals surface area contributed by atoms with Crippen molar-refractivity contribution in [3.8, 4) is 0 Å². The maximum Gasteiger partial charge on any atom is 0.337 e. The van der Waals surface area contributed by atoms with Gasteiger partial charge in [0, 0.05) is 18.9 Å². The van der Waals surface area contributed by atoms with E-state index in [-0.39, 0.29) is 0 Å². The van der Waals surface area contributed by atoms with E-state index in [1.54, 1.807) is 12.3 Å². The van der Waals surface area contributed by atoms with Crippen LogP contribution in [-0.2, 0) is 6.54 Å². The lowest BCUT2D eigenvalue weighted by molar-refractivity contribution is 0.0696. The highest BCUT2D eigenvalue weighted by molar-refractivity contribution is 5.87. The second-order valence-corrected chi connectivity index (χ2v) is 3.70. The average Bonchev–Trinajstić information content (AvgIpc) is 2.44. The molecular weight excluding hydrogens is 166 g/mol. The average molecular weight is 179 g/mol. The number of carboxylic acid groups (broad SMARTS) is 1. The monoisotopic (exact) mass is 179 g/mol. The lowest BCUT2D eigenvalue weighted by Gasteiger charge is -2.25. The summed E-state index contributed by atoms with van der Waals surface area (Å²) in [5.74, 6) is -0.0681. The van der Waals surface area contributed by atoms with Crippen molar-refractivity contribution in [2.24, 2.45) is 5.92 Å². The van der Waals surface area contributed by atoms with Crippen molar-refractivity contribution >= 4 is 5.97 Å². The van der Waals surface area contributed by atoms with Crippen molar-refractivity contribution in [1.82, 2.24) is 4.57 Å². The number of aromatic nitrogens is 1. The number of hydrogen-bond donors (Lipinski definition) is 1. The summed E-state index contributed by atoms with van der Waals surface area (Å²) < 4.78 is 1.98. The topological polar surface area (TPSA) is 42.2 Å². The third-order valence-corrected chi connectivity index (χ3v) is 2.69. The van der Waals surface area contributed by atoms with Crippen LogP contribution in [0, 0.1) is 5.92 Å². The van der Waals surface area contributed by atoms with Gasteiger partial charge in [0.05, 0.1) is 5.56 Å². The maximum absolute atomic E-state index is 10.6. The predicted octanol–water partition coefficient (Wildman–Crippen LogP) is 1.99. The van der Waals surface area contributed by atoms with Crippen LogP contribution in [0.25, 0.3) is 0 Å². The van der Waals surface area contributed by atoms with Crippen LogP contribution < -0.4 is 0 Å². The molecule has 0 bridgehead atoms. The molecule has 1 saturated carbocycles. The summed E-state index contributed by atoms with van der Waals surface area (Å²) in [5, 5.41) is 8.69. The van der Waals surface area contributed by atoms with Gasteiger partial charge in [-0.1, -0.05) is 6.42 Å². The Morgan fingerprint density at radius 2 is 2.38 bits per heavy atom. The maximum atomic E-state index is 10.6. The highest BCUT2D eigenvalue weighted by Gasteiger charge is 2.17. The SMILES string of the molecule is O=C(O)c1ccn(CC2CCC2)c1. The van der Waals surface area contributed by atoms with Crippen LogP contribution in [0.4, 0.5) is 0 Å². The predicted molar refractivity (Wildman–Crippen MR) is 48.7 cm³/mol. The van der Waals surface area contributed by atoms with Crippen molar-refractivity contribution in [2.45, 2.75) is 25.8 Å². The van der Waals surface area contributed by atoms with E-state index in [0.717, 1.165) is 12.5 Å². The minimum absolute atomic E-state index is 0.388. The molecule has 0 aromatic carbocycles. The smallest absolute Gasteiger partial charge is 0.337 e. The summed E-state index contributed by atoms with van der Waals surface area (Å²) in [6.07, 6.45) is 7.47. The van der Waals surface area contributed by atoms with Gasteiger partial charge in [0.15, 0.2) is 0 Å². The van der Waals surface area contributed by atoms with Crippen LogP contribution in [0.2, 0.25) is 0 Å². The van der Waals surface area contributed by atoms with Gasteiger partial charge in [-0.15, -0.1) is 0 Å². The summed E-state index contributed by atoms with van der Waals surface area (Å²) in [4.78, 5) is 10.6. The summed E-state index contributed by atoms with van der Waals surface area (Å²) in [7, 11) is 0. The van der Waals surface area contributed by atoms with Gasteiger partial charge < -0.3 is 9.67 Å². The largest absolute Gasteiger partial charge is 0.478 e. The van der Waals surface area contributed by atoms with Crippen molar-refractivity contribution in [1.29, 1.82) is 0 Å². The Morgan fingerprint density at radius 1 is 1.62 bits per heavy atom. The zero-order chi connectivity index (χ0) is 9.26. The van der Waals surface area contributed by atoms with E-state index < -0.39 is 5.97 Å². The normalized spacial score (nSPS) is 16.9. The Bertz CT molecular complexity index is 312. The van der Waals surface area contributed by atoms with Gasteiger partial charge in [-0.25, -0.2) is 4.79 Å². The third kappa shape index (κ3) is 1.74. The molecule has 2 rings (SSSR count). The number of carbonyl (C=O) groups is 1. The van der Waals surface area contributed by atoms with Gasteiger partial charge in [0.25, 0.3) is 0 Å². The molecule has 1 aromatic heterocycles. The van der Waals surface area contributed by atoms with E-state index in [2.05, 4.69) is 0 Å². The summed E-state index contributed by atoms with van der Waals surface area (Å²) in [5.41, 5.74) is 0.388. The molecule has 1 N–H and O–H groups in total. The molecule has 0 aliphatic heterocycles. The van der Waals surface area contributed by atoms with Crippen LogP contribution in [-0.4, -0.2) is 15.6 Å². The van der Waals surface area contributed by atoms with Crippen LogP contribution in [0.1, 0.15) is 29.6 Å². The molecule has 0 saturated heterocycles. The quantitative estimate of drug-likeness (QED) is 0.771. The summed E-state index contributed by atoms with van der Waals surface area (Å²) in [6, 6.07) is 1.65. The molecule has 1 aliphatic carbocycles. The zero-order valence-electron chi connectivity index (χ0n) is 7.44. The van der Waals surface area contributed by atoms with E-state index in [1.165, 1.54) is 19.3 Å². The lowest BCUT2D eigenvalue weighted by atomic mass is 9.85. The third-order valence-electron chi connectivity index (χ3n) is 2.69. The first-order chi connectivity index (χ1) is 6.25. The molecule has 1 aromatic rings. The molecule has 0 spiro atoms. The molecule has 70 valence electrons. The van der Waals surface area contributed by atoms with Gasteiger partial charge in [-0.3, -0.25) is 0 Å². The second kappa shape index (κ2) is 3.24. The molecule has 0 amide bonds. The fraction of sp³-hybridized carbons (Fsp3) is 0.500. The van der Waals surface area contributed by atoms with Crippen molar-refractivity contribution in [2.75, 3.05) is 0 Å². The van der Waals surface area contributed by atoms with Crippen LogP contribution in [0.15, 0.2) is 18.5 Å². The fourth-order valence-corrected chi connectivity index (χ4v) is 1.65. The summed E-state index contributed by atoms with van der Waals surface area (Å²) in [6.45, 7) is 0.979. The Labute approximate surface area is 77.0 Å². The molecule has 1 fully saturated rings. The fourth-order valence-electron chi connectivity index (χ4n) is 1.65. The van der Waals surface area contributed by atoms with E-state index in [0.29, 0.717) is 5.56 Å². The van der Waals surface area contributed by atoms with E-state index >= 15 is 0 Å². The van der Waals surface area contributed by atoms with E-state index in [1.807, 2.05) is 10.8 Å². The number of nitrogens with zero attached hydrogens (tertiary/aromatic N) is 1. The Balaban J connectivity index is 2.00. The molecule has 0 atom stereocenters. The van der Waals surface area contributed by atoms with Crippen LogP contribution in [0.3, 0.4) is 0 Å². The molecular formula is C10H13NO2. The van der Waals surface area contributed by atoms with Gasteiger partial charge in [0.2, 0.25) is 0 Å². The Hall–Kier alpha value is -1.25. The minimum Gasteiger partial charge on any atom is -0.478 e. The number of hydrogen-bond acceptors (Lipinski definition) is 1. The second-order valence-electron chi connectivity index (χ2n) is 3.70. The first-order valence-corrected chi connectivity index (χ1v) is 4.65. The first-order valence-electron chi connectivity index (χ1n) is 4.65. The van der Waals surface area contributed by atoms with Crippen molar-refractivity contribution in [3.05, 3.63) is 24.0 Å². The van der Waals surface area contributed by atoms with Crippen LogP contribution in [0.5, 0.6) is 0 Å². The molecule has 1 aliphatic rings. The number of aromatic carboxylic acids is 1. The molecule has 1 heterocycles. The van der Waals surface area contributed by atoms with Gasteiger partial charge >= 0.3 is 5.97 Å². The van der Waals surface area contributed by atoms with Gasteiger partial charge in [0.1, 0.15) is 0 Å².